The Morgan fingerprint density at radius 1 is 1.29 bits per heavy atom. The molecule has 0 spiro atoms. The molecule has 3 N–H and O–H groups in total. The summed E-state index contributed by atoms with van der Waals surface area (Å²) in [7, 11) is 0. The van der Waals surface area contributed by atoms with Crippen LogP contribution in [0.4, 0.5) is 23.7 Å². The van der Waals surface area contributed by atoms with E-state index in [1.54, 1.807) is 0 Å². The van der Waals surface area contributed by atoms with Gasteiger partial charge in [-0.1, -0.05) is 0 Å². The minimum Gasteiger partial charge on any atom is -0.485 e. The Hall–Kier alpha value is -1.96. The van der Waals surface area contributed by atoms with Crippen LogP contribution in [0, 0.1) is 11.7 Å². The van der Waals surface area contributed by atoms with E-state index in [1.807, 2.05) is 0 Å². The van der Waals surface area contributed by atoms with Crippen molar-refractivity contribution in [1.29, 1.82) is 0 Å². The predicted molar refractivity (Wildman–Crippen MR) is 82.9 cm³/mol. The molecule has 0 aromatic heterocycles. The van der Waals surface area contributed by atoms with Crippen LogP contribution in [0.3, 0.4) is 0 Å². The van der Waals surface area contributed by atoms with Crippen LogP contribution in [0.15, 0.2) is 18.2 Å². The molecule has 1 saturated carbocycles. The molecule has 134 valence electrons. The summed E-state index contributed by atoms with van der Waals surface area (Å²) in [6.07, 6.45) is 0.492. The van der Waals surface area contributed by atoms with Gasteiger partial charge in [0.1, 0.15) is 18.2 Å². The first-order valence-corrected chi connectivity index (χ1v) is 7.86. The minimum atomic E-state index is -2.70. The molecule has 0 unspecified atom stereocenters. The van der Waals surface area contributed by atoms with Crippen LogP contribution < -0.4 is 15.4 Å². The molecule has 1 fully saturated rings. The number of carbonyl (C=O) groups excluding carboxylic acids is 1. The highest BCUT2D eigenvalue weighted by Crippen LogP contribution is 2.27. The molecule has 0 aliphatic heterocycles. The number of carbonyl (C=O) groups is 1. The molecule has 8 heteroatoms. The van der Waals surface area contributed by atoms with Gasteiger partial charge in [0, 0.05) is 18.7 Å². The Balaban J connectivity index is 1.91. The quantitative estimate of drug-likeness (QED) is 0.741. The van der Waals surface area contributed by atoms with Crippen molar-refractivity contribution >= 4 is 11.7 Å². The molecule has 2 rings (SSSR count). The highest BCUT2D eigenvalue weighted by Gasteiger charge is 2.22. The van der Waals surface area contributed by atoms with Gasteiger partial charge in [-0.25, -0.2) is 18.0 Å². The monoisotopic (exact) mass is 346 g/mol. The summed E-state index contributed by atoms with van der Waals surface area (Å²) in [6, 6.07) is 2.80. The van der Waals surface area contributed by atoms with Gasteiger partial charge in [-0.3, -0.25) is 0 Å². The maximum Gasteiger partial charge on any atom is 0.319 e. The van der Waals surface area contributed by atoms with Crippen molar-refractivity contribution in [2.75, 3.05) is 18.5 Å². The molecule has 1 aliphatic carbocycles. The van der Waals surface area contributed by atoms with E-state index in [0.717, 1.165) is 37.8 Å². The zero-order valence-corrected chi connectivity index (χ0v) is 13.1. The highest BCUT2D eigenvalue weighted by molar-refractivity contribution is 5.91. The Labute approximate surface area is 138 Å². The summed E-state index contributed by atoms with van der Waals surface area (Å²) in [6.45, 7) is -0.732. The number of aliphatic hydroxyl groups excluding tert-OH is 1. The number of aliphatic hydroxyl groups is 1. The second-order valence-electron chi connectivity index (χ2n) is 5.84. The third-order valence-corrected chi connectivity index (χ3v) is 4.00. The Bertz CT molecular complexity index is 549. The van der Waals surface area contributed by atoms with Crippen molar-refractivity contribution in [3.63, 3.8) is 0 Å². The number of halogens is 3. The molecule has 5 nitrogen and oxygen atoms in total. The SMILES string of the molecule is O=C(Nc1ccc(F)cc1OCC(F)F)NC1CCC(CO)CC1. The minimum absolute atomic E-state index is 0.0151. The van der Waals surface area contributed by atoms with E-state index in [0.29, 0.717) is 0 Å². The van der Waals surface area contributed by atoms with E-state index in [2.05, 4.69) is 10.6 Å². The maximum atomic E-state index is 13.2. The fraction of sp³-hybridized carbons (Fsp3) is 0.562. The second kappa shape index (κ2) is 8.77. The maximum absolute atomic E-state index is 13.2. The molecule has 1 aromatic rings. The van der Waals surface area contributed by atoms with Crippen LogP contribution in [0.5, 0.6) is 5.75 Å². The van der Waals surface area contributed by atoms with Gasteiger partial charge in [-0.2, -0.15) is 0 Å². The van der Waals surface area contributed by atoms with Gasteiger partial charge < -0.3 is 20.5 Å². The number of anilines is 1. The molecule has 0 saturated heterocycles. The van der Waals surface area contributed by atoms with Crippen molar-refractivity contribution in [3.05, 3.63) is 24.0 Å². The number of ether oxygens (including phenoxy) is 1. The first-order chi connectivity index (χ1) is 11.5. The average molecular weight is 346 g/mol. The lowest BCUT2D eigenvalue weighted by molar-refractivity contribution is 0.0821. The molecule has 0 atom stereocenters. The van der Waals surface area contributed by atoms with Gasteiger partial charge in [0.05, 0.1) is 5.69 Å². The van der Waals surface area contributed by atoms with Crippen molar-refractivity contribution in [3.8, 4) is 5.75 Å². The number of amides is 2. The summed E-state index contributed by atoms with van der Waals surface area (Å²) in [5.41, 5.74) is 0.124. The third kappa shape index (κ3) is 5.59. The lowest BCUT2D eigenvalue weighted by Crippen LogP contribution is -2.40. The fourth-order valence-corrected chi connectivity index (χ4v) is 2.70. The van der Waals surface area contributed by atoms with Crippen molar-refractivity contribution in [2.45, 2.75) is 38.2 Å². The number of hydrogen-bond acceptors (Lipinski definition) is 3. The van der Waals surface area contributed by atoms with Gasteiger partial charge in [0.25, 0.3) is 6.43 Å². The predicted octanol–water partition coefficient (Wildman–Crippen LogP) is 3.14. The first-order valence-electron chi connectivity index (χ1n) is 7.86. The Kier molecular flexibility index (Phi) is 6.72. The van der Waals surface area contributed by atoms with Crippen molar-refractivity contribution in [1.82, 2.24) is 5.32 Å². The summed E-state index contributed by atoms with van der Waals surface area (Å²) in [4.78, 5) is 12.0. The van der Waals surface area contributed by atoms with Crippen molar-refractivity contribution in [2.24, 2.45) is 5.92 Å². The number of rotatable bonds is 6. The molecule has 24 heavy (non-hydrogen) atoms. The number of urea groups is 1. The van der Waals surface area contributed by atoms with Crippen LogP contribution in [0.2, 0.25) is 0 Å². The summed E-state index contributed by atoms with van der Waals surface area (Å²) >= 11 is 0. The van der Waals surface area contributed by atoms with E-state index in [-0.39, 0.29) is 30.0 Å². The average Bonchev–Trinajstić information content (AvgIpc) is 2.55. The smallest absolute Gasteiger partial charge is 0.319 e. The lowest BCUT2D eigenvalue weighted by atomic mass is 9.87. The van der Waals surface area contributed by atoms with Crippen LogP contribution in [-0.2, 0) is 0 Å². The molecular formula is C16H21F3N2O3. The normalized spacial score (nSPS) is 20.7. The topological polar surface area (TPSA) is 70.6 Å². The van der Waals surface area contributed by atoms with Gasteiger partial charge >= 0.3 is 6.03 Å². The van der Waals surface area contributed by atoms with E-state index in [9.17, 15) is 18.0 Å². The molecular weight excluding hydrogens is 325 g/mol. The van der Waals surface area contributed by atoms with Gasteiger partial charge in [0.15, 0.2) is 0 Å². The Morgan fingerprint density at radius 3 is 2.62 bits per heavy atom. The molecule has 1 aromatic carbocycles. The van der Waals surface area contributed by atoms with E-state index in [1.165, 1.54) is 6.07 Å². The first kappa shape index (κ1) is 18.4. The molecule has 0 bridgehead atoms. The summed E-state index contributed by atoms with van der Waals surface area (Å²) < 4.78 is 42.6. The number of benzene rings is 1. The van der Waals surface area contributed by atoms with E-state index in [4.69, 9.17) is 9.84 Å². The zero-order valence-electron chi connectivity index (χ0n) is 13.1. The van der Waals surface area contributed by atoms with Crippen molar-refractivity contribution < 1.29 is 27.8 Å². The van der Waals surface area contributed by atoms with Crippen LogP contribution in [-0.4, -0.2) is 36.8 Å². The van der Waals surface area contributed by atoms with E-state index < -0.39 is 24.9 Å². The number of hydrogen-bond donors (Lipinski definition) is 3. The summed E-state index contributed by atoms with van der Waals surface area (Å²) in [5.74, 6) is -0.514. The molecule has 0 heterocycles. The van der Waals surface area contributed by atoms with Crippen LogP contribution in [0.25, 0.3) is 0 Å². The summed E-state index contributed by atoms with van der Waals surface area (Å²) in [5, 5.41) is 14.4. The van der Waals surface area contributed by atoms with Gasteiger partial charge in [-0.15, -0.1) is 0 Å². The largest absolute Gasteiger partial charge is 0.485 e. The van der Waals surface area contributed by atoms with E-state index >= 15 is 0 Å². The number of nitrogens with one attached hydrogen (secondary N) is 2. The standard InChI is InChI=1S/C16H21F3N2O3/c17-11-3-6-13(14(7-11)24-9-15(18)19)21-16(23)20-12-4-1-10(8-22)2-5-12/h3,6-7,10,12,15,22H,1-2,4-5,8-9H2,(H2,20,21,23). The Morgan fingerprint density at radius 2 is 2.00 bits per heavy atom. The fourth-order valence-electron chi connectivity index (χ4n) is 2.70. The van der Waals surface area contributed by atoms with Gasteiger partial charge in [-0.05, 0) is 43.7 Å². The molecule has 2 amide bonds. The molecule has 1 aliphatic rings. The third-order valence-electron chi connectivity index (χ3n) is 4.00. The highest BCUT2D eigenvalue weighted by atomic mass is 19.3. The lowest BCUT2D eigenvalue weighted by Gasteiger charge is -2.28. The van der Waals surface area contributed by atoms with Gasteiger partial charge in [0.2, 0.25) is 0 Å². The second-order valence-corrected chi connectivity index (χ2v) is 5.84. The number of alkyl halides is 2. The van der Waals surface area contributed by atoms with Crippen LogP contribution >= 0.6 is 0 Å². The van der Waals surface area contributed by atoms with Crippen LogP contribution in [0.1, 0.15) is 25.7 Å². The molecule has 0 radical (unpaired) electrons. The zero-order chi connectivity index (χ0) is 17.5.